The van der Waals surface area contributed by atoms with Crippen LogP contribution in [0.3, 0.4) is 0 Å². The SMILES string of the molecule is CN(C)c1ccc(C(=O)NCc2cc3n(n2)CCN(C(=O)C2CCC2)C3)cn1. The highest BCUT2D eigenvalue weighted by atomic mass is 16.2. The number of rotatable bonds is 5. The van der Waals surface area contributed by atoms with E-state index in [0.717, 1.165) is 30.0 Å². The quantitative estimate of drug-likeness (QED) is 0.846. The average molecular weight is 382 g/mol. The molecule has 4 rings (SSSR count). The molecule has 1 fully saturated rings. The van der Waals surface area contributed by atoms with E-state index >= 15 is 0 Å². The fraction of sp³-hybridized carbons (Fsp3) is 0.500. The molecule has 0 saturated heterocycles. The average Bonchev–Trinajstić information content (AvgIpc) is 3.06. The normalized spacial score (nSPS) is 16.3. The molecule has 2 aliphatic rings. The Morgan fingerprint density at radius 2 is 2.07 bits per heavy atom. The first-order chi connectivity index (χ1) is 13.5. The largest absolute Gasteiger partial charge is 0.363 e. The molecule has 2 aromatic rings. The van der Waals surface area contributed by atoms with Gasteiger partial charge in [0.15, 0.2) is 0 Å². The van der Waals surface area contributed by atoms with E-state index < -0.39 is 0 Å². The first-order valence-corrected chi connectivity index (χ1v) is 9.77. The highest BCUT2D eigenvalue weighted by Gasteiger charge is 2.31. The van der Waals surface area contributed by atoms with Crippen LogP contribution < -0.4 is 10.2 Å². The van der Waals surface area contributed by atoms with E-state index in [-0.39, 0.29) is 17.7 Å². The fourth-order valence-corrected chi connectivity index (χ4v) is 3.57. The maximum atomic E-state index is 12.5. The van der Waals surface area contributed by atoms with Gasteiger partial charge in [-0.3, -0.25) is 14.3 Å². The van der Waals surface area contributed by atoms with Crippen LogP contribution in [0.5, 0.6) is 0 Å². The van der Waals surface area contributed by atoms with Gasteiger partial charge in [0.25, 0.3) is 5.91 Å². The summed E-state index contributed by atoms with van der Waals surface area (Å²) in [6, 6.07) is 5.56. The van der Waals surface area contributed by atoms with Gasteiger partial charge in [0.1, 0.15) is 5.82 Å². The van der Waals surface area contributed by atoms with Crippen molar-refractivity contribution in [3.05, 3.63) is 41.3 Å². The van der Waals surface area contributed by atoms with Crippen LogP contribution in [0.2, 0.25) is 0 Å². The number of aromatic nitrogens is 3. The first-order valence-electron chi connectivity index (χ1n) is 9.77. The van der Waals surface area contributed by atoms with Crippen molar-refractivity contribution in [1.29, 1.82) is 0 Å². The molecule has 0 bridgehead atoms. The number of hydrogen-bond acceptors (Lipinski definition) is 5. The van der Waals surface area contributed by atoms with E-state index in [9.17, 15) is 9.59 Å². The maximum absolute atomic E-state index is 12.5. The van der Waals surface area contributed by atoms with Gasteiger partial charge in [-0.05, 0) is 31.0 Å². The van der Waals surface area contributed by atoms with E-state index in [1.165, 1.54) is 6.42 Å². The fourth-order valence-electron chi connectivity index (χ4n) is 3.57. The molecule has 0 unspecified atom stereocenters. The number of nitrogens with one attached hydrogen (secondary N) is 1. The van der Waals surface area contributed by atoms with E-state index in [2.05, 4.69) is 15.4 Å². The standard InChI is InChI=1S/C20H26N6O2/c1-24(2)18-7-6-15(11-21-18)19(27)22-12-16-10-17-13-25(8-9-26(17)23-16)20(28)14-4-3-5-14/h6-7,10-11,14H,3-5,8-9,12-13H2,1-2H3,(H,22,27). The first kappa shape index (κ1) is 18.5. The summed E-state index contributed by atoms with van der Waals surface area (Å²) in [7, 11) is 3.81. The minimum absolute atomic E-state index is 0.175. The predicted molar refractivity (Wildman–Crippen MR) is 105 cm³/mol. The Hall–Kier alpha value is -2.90. The van der Waals surface area contributed by atoms with Crippen molar-refractivity contribution >= 4 is 17.6 Å². The number of anilines is 1. The van der Waals surface area contributed by atoms with Crippen LogP contribution in [0, 0.1) is 5.92 Å². The Kier molecular flexibility index (Phi) is 5.02. The summed E-state index contributed by atoms with van der Waals surface area (Å²) in [6.45, 7) is 2.37. The molecule has 148 valence electrons. The van der Waals surface area contributed by atoms with Gasteiger partial charge in [-0.2, -0.15) is 5.10 Å². The lowest BCUT2D eigenvalue weighted by Gasteiger charge is -2.34. The van der Waals surface area contributed by atoms with Gasteiger partial charge < -0.3 is 15.1 Å². The van der Waals surface area contributed by atoms with Crippen LogP contribution in [-0.2, 0) is 24.4 Å². The third-order valence-electron chi connectivity index (χ3n) is 5.51. The zero-order valence-electron chi connectivity index (χ0n) is 16.4. The molecule has 1 N–H and O–H groups in total. The third kappa shape index (κ3) is 3.72. The Bertz CT molecular complexity index is 869. The Morgan fingerprint density at radius 3 is 2.71 bits per heavy atom. The summed E-state index contributed by atoms with van der Waals surface area (Å²) in [6.07, 6.45) is 4.79. The second kappa shape index (κ2) is 7.61. The van der Waals surface area contributed by atoms with Crippen LogP contribution in [0.15, 0.2) is 24.4 Å². The Labute approximate surface area is 164 Å². The summed E-state index contributed by atoms with van der Waals surface area (Å²) < 4.78 is 1.94. The number of fused-ring (bicyclic) bond motifs is 1. The number of hydrogen-bond donors (Lipinski definition) is 1. The summed E-state index contributed by atoms with van der Waals surface area (Å²) in [4.78, 5) is 32.9. The summed E-state index contributed by atoms with van der Waals surface area (Å²) >= 11 is 0. The Morgan fingerprint density at radius 1 is 1.25 bits per heavy atom. The van der Waals surface area contributed by atoms with Crippen molar-refractivity contribution in [2.24, 2.45) is 5.92 Å². The molecule has 1 saturated carbocycles. The van der Waals surface area contributed by atoms with E-state index in [1.54, 1.807) is 12.3 Å². The molecule has 0 atom stereocenters. The van der Waals surface area contributed by atoms with Crippen LogP contribution >= 0.6 is 0 Å². The molecule has 8 nitrogen and oxygen atoms in total. The number of pyridine rings is 1. The highest BCUT2D eigenvalue weighted by Crippen LogP contribution is 2.29. The van der Waals surface area contributed by atoms with Crippen molar-refractivity contribution < 1.29 is 9.59 Å². The van der Waals surface area contributed by atoms with E-state index in [4.69, 9.17) is 0 Å². The lowest BCUT2D eigenvalue weighted by Crippen LogP contribution is -2.43. The van der Waals surface area contributed by atoms with Crippen molar-refractivity contribution in [2.75, 3.05) is 25.5 Å². The second-order valence-corrected chi connectivity index (χ2v) is 7.72. The van der Waals surface area contributed by atoms with Crippen molar-refractivity contribution in [1.82, 2.24) is 25.0 Å². The zero-order valence-corrected chi connectivity index (χ0v) is 16.4. The minimum atomic E-state index is -0.175. The van der Waals surface area contributed by atoms with Crippen LogP contribution in [0.25, 0.3) is 0 Å². The van der Waals surface area contributed by atoms with Crippen molar-refractivity contribution in [2.45, 2.75) is 38.9 Å². The smallest absolute Gasteiger partial charge is 0.253 e. The molecule has 1 aliphatic carbocycles. The Balaban J connectivity index is 1.34. The third-order valence-corrected chi connectivity index (χ3v) is 5.51. The van der Waals surface area contributed by atoms with Crippen molar-refractivity contribution in [3.63, 3.8) is 0 Å². The van der Waals surface area contributed by atoms with Gasteiger partial charge in [0.05, 0.1) is 36.6 Å². The number of amides is 2. The molecule has 2 aromatic heterocycles. The maximum Gasteiger partial charge on any atom is 0.253 e. The molecule has 8 heteroatoms. The lowest BCUT2D eigenvalue weighted by atomic mass is 9.84. The second-order valence-electron chi connectivity index (χ2n) is 7.72. The van der Waals surface area contributed by atoms with E-state index in [0.29, 0.717) is 31.7 Å². The summed E-state index contributed by atoms with van der Waals surface area (Å²) in [5.74, 6) is 1.13. The molecular weight excluding hydrogens is 356 g/mol. The van der Waals surface area contributed by atoms with Gasteiger partial charge in [-0.25, -0.2) is 4.98 Å². The van der Waals surface area contributed by atoms with Gasteiger partial charge in [0, 0.05) is 32.8 Å². The molecule has 0 spiro atoms. The van der Waals surface area contributed by atoms with Gasteiger partial charge in [-0.15, -0.1) is 0 Å². The molecule has 0 radical (unpaired) electrons. The molecule has 2 amide bonds. The van der Waals surface area contributed by atoms with Gasteiger partial charge in [0.2, 0.25) is 5.91 Å². The molecule has 1 aliphatic heterocycles. The molecular formula is C20H26N6O2. The lowest BCUT2D eigenvalue weighted by molar-refractivity contribution is -0.139. The highest BCUT2D eigenvalue weighted by molar-refractivity contribution is 5.94. The predicted octanol–water partition coefficient (Wildman–Crippen LogP) is 1.42. The number of carbonyl (C=O) groups excluding carboxylic acids is 2. The summed E-state index contributed by atoms with van der Waals surface area (Å²) in [5, 5.41) is 7.46. The van der Waals surface area contributed by atoms with Gasteiger partial charge in [-0.1, -0.05) is 6.42 Å². The zero-order chi connectivity index (χ0) is 19.7. The molecule has 0 aromatic carbocycles. The van der Waals surface area contributed by atoms with Crippen LogP contribution in [0.1, 0.15) is 41.0 Å². The number of nitrogens with zero attached hydrogens (tertiary/aromatic N) is 5. The molecule has 28 heavy (non-hydrogen) atoms. The summed E-state index contributed by atoms with van der Waals surface area (Å²) in [5.41, 5.74) is 2.35. The van der Waals surface area contributed by atoms with E-state index in [1.807, 2.05) is 40.7 Å². The minimum Gasteiger partial charge on any atom is -0.363 e. The molecule has 3 heterocycles. The number of carbonyl (C=O) groups is 2. The van der Waals surface area contributed by atoms with Crippen LogP contribution in [-0.4, -0.2) is 52.1 Å². The monoisotopic (exact) mass is 382 g/mol. The topological polar surface area (TPSA) is 83.4 Å². The van der Waals surface area contributed by atoms with Crippen LogP contribution in [0.4, 0.5) is 5.82 Å². The van der Waals surface area contributed by atoms with Crippen molar-refractivity contribution in [3.8, 4) is 0 Å². The van der Waals surface area contributed by atoms with Gasteiger partial charge >= 0.3 is 0 Å².